The minimum Gasteiger partial charge on any atom is -0.481 e. The van der Waals surface area contributed by atoms with Gasteiger partial charge in [0.25, 0.3) is 5.89 Å². The van der Waals surface area contributed by atoms with Crippen LogP contribution in [0.15, 0.2) is 45.7 Å². The van der Waals surface area contributed by atoms with Crippen LogP contribution in [-0.4, -0.2) is 54.5 Å². The van der Waals surface area contributed by atoms with Crippen molar-refractivity contribution in [3.8, 4) is 21.3 Å². The van der Waals surface area contributed by atoms with Crippen molar-refractivity contribution in [2.24, 2.45) is 11.3 Å². The van der Waals surface area contributed by atoms with Gasteiger partial charge in [0.05, 0.1) is 30.6 Å². The molecular weight excluding hydrogens is 627 g/mol. The Morgan fingerprint density at radius 3 is 2.45 bits per heavy atom. The first kappa shape index (κ1) is 32.0. The fraction of sp³-hybridized carbons (Fsp3) is 0.414. The monoisotopic (exact) mass is 656 g/mol. The normalized spacial score (nSPS) is 17.7. The van der Waals surface area contributed by atoms with Gasteiger partial charge in [0, 0.05) is 24.8 Å². The molecule has 236 valence electrons. The number of nitrogens with zero attached hydrogens (tertiary/aromatic N) is 3. The average molecular weight is 657 g/mol. The summed E-state index contributed by atoms with van der Waals surface area (Å²) < 4.78 is 88.6. The maximum Gasteiger partial charge on any atom is 0.404 e. The molecule has 15 heteroatoms. The summed E-state index contributed by atoms with van der Waals surface area (Å²) in [4.78, 5) is 16.9. The molecule has 4 aromatic rings. The number of carboxylic acid groups (broad SMARTS) is 1. The molecule has 0 amide bonds. The van der Waals surface area contributed by atoms with Gasteiger partial charge in [-0.1, -0.05) is 30.3 Å². The predicted octanol–water partition coefficient (Wildman–Crippen LogP) is 6.79. The smallest absolute Gasteiger partial charge is 0.404 e. The molecule has 2 atom stereocenters. The van der Waals surface area contributed by atoms with Gasteiger partial charge in [-0.15, -0.1) is 21.5 Å². The Morgan fingerprint density at radius 1 is 1.18 bits per heavy atom. The number of fused-ring (bicyclic) bond motifs is 1. The van der Waals surface area contributed by atoms with Crippen molar-refractivity contribution in [3.63, 3.8) is 0 Å². The summed E-state index contributed by atoms with van der Waals surface area (Å²) in [7, 11) is -3.60. The zero-order valence-electron chi connectivity index (χ0n) is 23.9. The number of nitrogens with one attached hydrogen (secondary N) is 1. The number of aromatic nitrogens is 3. The van der Waals surface area contributed by atoms with E-state index in [-0.39, 0.29) is 48.3 Å². The highest BCUT2D eigenvalue weighted by molar-refractivity contribution is 7.98. The Kier molecular flexibility index (Phi) is 8.12. The van der Waals surface area contributed by atoms with E-state index < -0.39 is 39.2 Å². The third-order valence-corrected chi connectivity index (χ3v) is 10.4. The quantitative estimate of drug-likeness (QED) is 0.143. The molecule has 44 heavy (non-hydrogen) atoms. The van der Waals surface area contributed by atoms with Crippen molar-refractivity contribution < 1.29 is 40.5 Å². The lowest BCUT2D eigenvalue weighted by Gasteiger charge is -2.34. The summed E-state index contributed by atoms with van der Waals surface area (Å²) in [5.74, 6) is -0.407. The lowest BCUT2D eigenvalue weighted by molar-refractivity contribution is -0.147. The molecule has 8 nitrogen and oxygen atoms in total. The number of halogens is 5. The van der Waals surface area contributed by atoms with Crippen molar-refractivity contribution in [1.82, 2.24) is 19.9 Å². The first-order chi connectivity index (χ1) is 20.4. The van der Waals surface area contributed by atoms with Crippen LogP contribution in [0.1, 0.15) is 45.2 Å². The van der Waals surface area contributed by atoms with E-state index in [9.17, 15) is 36.1 Å². The van der Waals surface area contributed by atoms with Crippen LogP contribution in [0.4, 0.5) is 22.0 Å². The maximum absolute atomic E-state index is 13.7. The summed E-state index contributed by atoms with van der Waals surface area (Å²) in [6.45, 7) is 3.90. The first-order valence-electron chi connectivity index (χ1n) is 13.5. The number of rotatable bonds is 10. The molecule has 1 saturated carbocycles. The van der Waals surface area contributed by atoms with Gasteiger partial charge < -0.3 is 9.52 Å². The molecule has 2 heterocycles. The topological polar surface area (TPSA) is 118 Å². The molecule has 0 bridgehead atoms. The molecule has 1 aliphatic carbocycles. The summed E-state index contributed by atoms with van der Waals surface area (Å²) in [6.07, 6.45) is -5.03. The molecule has 1 aliphatic rings. The molecule has 5 rings (SSSR count). The molecule has 2 N–H and O–H groups in total. The van der Waals surface area contributed by atoms with Gasteiger partial charge in [-0.3, -0.25) is 4.79 Å². The molecule has 0 spiro atoms. The molecule has 1 unspecified atom stereocenters. The third-order valence-electron chi connectivity index (χ3n) is 7.52. The number of alkyl halides is 5. The predicted molar refractivity (Wildman–Crippen MR) is 157 cm³/mol. The van der Waals surface area contributed by atoms with Gasteiger partial charge in [-0.2, -0.15) is 13.2 Å². The molecule has 1 fully saturated rings. The SMILES string of the molecule is C=S(=O)(N[C@@H](C)C(F)(F)F)c1ccc(-c2sc(-c3nnc(CC(C)(C)C(=O)O)o3)nc2CC2CC(F)(F)C2)c2ccccc12. The standard InChI is InChI=1S/C29H29F5N4O4S2/c1-15(29(32,33)34)38-44(4,41)21-10-9-19(17-7-5-6-8-18(17)21)23-20(11-16-12-28(30,31)13-16)35-25(43-23)24-37-36-22(42-24)14-27(2,3)26(39)40/h5-10,15-16H,4,11-14H2,1-3H3,(H,38,41)(H,39,40)/t15-,44?/m0/s1. The second-order valence-electron chi connectivity index (χ2n) is 11.7. The van der Waals surface area contributed by atoms with Crippen molar-refractivity contribution >= 4 is 43.7 Å². The van der Waals surface area contributed by atoms with E-state index in [0.29, 0.717) is 31.9 Å². The number of hydrogen-bond donors (Lipinski definition) is 2. The number of carbonyl (C=O) groups is 1. The van der Waals surface area contributed by atoms with Crippen molar-refractivity contribution in [2.45, 2.75) is 69.5 Å². The Morgan fingerprint density at radius 2 is 1.84 bits per heavy atom. The average Bonchev–Trinajstić information content (AvgIpc) is 3.52. The number of thiazole rings is 1. The maximum atomic E-state index is 13.7. The Hall–Kier alpha value is -3.43. The van der Waals surface area contributed by atoms with E-state index >= 15 is 0 Å². The second kappa shape index (κ2) is 11.2. The minimum absolute atomic E-state index is 0.0321. The Labute approximate surface area is 253 Å². The Balaban J connectivity index is 1.58. The van der Waals surface area contributed by atoms with Crippen LogP contribution < -0.4 is 4.72 Å². The van der Waals surface area contributed by atoms with Gasteiger partial charge in [-0.05, 0) is 55.8 Å². The van der Waals surface area contributed by atoms with Gasteiger partial charge >= 0.3 is 12.1 Å². The highest BCUT2D eigenvalue weighted by atomic mass is 32.2. The number of carboxylic acids is 1. The summed E-state index contributed by atoms with van der Waals surface area (Å²) in [5, 5.41) is 18.7. The van der Waals surface area contributed by atoms with Crippen LogP contribution in [-0.2, 0) is 27.3 Å². The fourth-order valence-corrected chi connectivity index (χ4v) is 7.74. The van der Waals surface area contributed by atoms with E-state index in [1.165, 1.54) is 19.9 Å². The van der Waals surface area contributed by atoms with E-state index in [1.807, 2.05) is 0 Å². The molecule has 2 aromatic heterocycles. The number of aliphatic carboxylic acids is 1. The highest BCUT2D eigenvalue weighted by Gasteiger charge is 2.45. The van der Waals surface area contributed by atoms with Crippen molar-refractivity contribution in [1.29, 1.82) is 0 Å². The van der Waals surface area contributed by atoms with E-state index in [2.05, 4.69) is 25.8 Å². The highest BCUT2D eigenvalue weighted by Crippen LogP contribution is 2.47. The summed E-state index contributed by atoms with van der Waals surface area (Å²) >= 11 is 1.16. The van der Waals surface area contributed by atoms with Crippen molar-refractivity contribution in [3.05, 3.63) is 48.0 Å². The van der Waals surface area contributed by atoms with Crippen LogP contribution in [0.2, 0.25) is 0 Å². The number of hydrogen-bond acceptors (Lipinski definition) is 7. The lowest BCUT2D eigenvalue weighted by atomic mass is 9.78. The lowest BCUT2D eigenvalue weighted by Crippen LogP contribution is -2.42. The molecule has 0 saturated heterocycles. The molecule has 0 aliphatic heterocycles. The Bertz CT molecular complexity index is 1820. The van der Waals surface area contributed by atoms with Crippen LogP contribution in [0.5, 0.6) is 0 Å². The van der Waals surface area contributed by atoms with Gasteiger partial charge in [0.15, 0.2) is 5.01 Å². The van der Waals surface area contributed by atoms with Crippen LogP contribution in [0.3, 0.4) is 0 Å². The van der Waals surface area contributed by atoms with Gasteiger partial charge in [0.2, 0.25) is 11.8 Å². The van der Waals surface area contributed by atoms with E-state index in [0.717, 1.165) is 18.3 Å². The zero-order valence-corrected chi connectivity index (χ0v) is 25.5. The number of benzene rings is 2. The van der Waals surface area contributed by atoms with E-state index in [4.69, 9.17) is 4.42 Å². The van der Waals surface area contributed by atoms with Gasteiger partial charge in [-0.25, -0.2) is 22.7 Å². The third kappa shape index (κ3) is 6.49. The van der Waals surface area contributed by atoms with Crippen LogP contribution >= 0.6 is 11.3 Å². The molecular formula is C29H29F5N4O4S2. The largest absolute Gasteiger partial charge is 0.481 e. The molecule has 2 aromatic carbocycles. The molecule has 0 radical (unpaired) electrons. The van der Waals surface area contributed by atoms with Gasteiger partial charge in [0.1, 0.15) is 6.04 Å². The second-order valence-corrected chi connectivity index (χ2v) is 14.7. The minimum atomic E-state index is -4.64. The van der Waals surface area contributed by atoms with Crippen LogP contribution in [0.25, 0.3) is 32.1 Å². The first-order valence-corrected chi connectivity index (χ1v) is 16.1. The van der Waals surface area contributed by atoms with Crippen molar-refractivity contribution in [2.75, 3.05) is 0 Å². The zero-order chi connectivity index (χ0) is 32.2. The van der Waals surface area contributed by atoms with Crippen LogP contribution in [0, 0.1) is 11.3 Å². The fourth-order valence-electron chi connectivity index (χ4n) is 5.03. The summed E-state index contributed by atoms with van der Waals surface area (Å²) in [5.41, 5.74) is -0.0770. The van der Waals surface area contributed by atoms with E-state index in [1.54, 1.807) is 30.3 Å². The summed E-state index contributed by atoms with van der Waals surface area (Å²) in [6, 6.07) is 7.69.